The summed E-state index contributed by atoms with van der Waals surface area (Å²) in [6, 6.07) is 7.63. The van der Waals surface area contributed by atoms with E-state index in [9.17, 15) is 9.59 Å². The van der Waals surface area contributed by atoms with Gasteiger partial charge in [-0.05, 0) is 50.3 Å². The van der Waals surface area contributed by atoms with Crippen LogP contribution in [0.2, 0.25) is 0 Å². The second-order valence-electron chi connectivity index (χ2n) is 6.62. The Labute approximate surface area is 143 Å². The Morgan fingerprint density at radius 3 is 2.75 bits per heavy atom. The lowest BCUT2D eigenvalue weighted by molar-refractivity contribution is -0.155. The van der Waals surface area contributed by atoms with Crippen molar-refractivity contribution in [2.75, 3.05) is 6.61 Å². The van der Waals surface area contributed by atoms with Crippen molar-refractivity contribution in [1.29, 1.82) is 0 Å². The summed E-state index contributed by atoms with van der Waals surface area (Å²) in [4.78, 5) is 23.9. The van der Waals surface area contributed by atoms with Gasteiger partial charge in [-0.25, -0.2) is 4.79 Å². The number of carbonyl (C=O) groups is 2. The predicted octanol–water partition coefficient (Wildman–Crippen LogP) is 3.00. The molecule has 0 radical (unpaired) electrons. The summed E-state index contributed by atoms with van der Waals surface area (Å²) in [6.07, 6.45) is 3.72. The molecule has 1 aliphatic rings. The summed E-state index contributed by atoms with van der Waals surface area (Å²) in [5.74, 6) is 0.301. The van der Waals surface area contributed by atoms with Gasteiger partial charge in [0.15, 0.2) is 12.7 Å². The molecule has 1 amide bonds. The van der Waals surface area contributed by atoms with Crippen LogP contribution in [0.3, 0.4) is 0 Å². The quantitative estimate of drug-likeness (QED) is 0.813. The summed E-state index contributed by atoms with van der Waals surface area (Å²) in [7, 11) is 0. The van der Waals surface area contributed by atoms with Crippen molar-refractivity contribution >= 4 is 11.9 Å². The highest BCUT2D eigenvalue weighted by molar-refractivity contribution is 5.82. The van der Waals surface area contributed by atoms with Crippen molar-refractivity contribution < 1.29 is 19.1 Å². The van der Waals surface area contributed by atoms with Crippen LogP contribution in [0.15, 0.2) is 24.3 Å². The summed E-state index contributed by atoms with van der Waals surface area (Å²) in [5.41, 5.74) is 1.05. The summed E-state index contributed by atoms with van der Waals surface area (Å²) in [5, 5.41) is 2.96. The molecular weight excluding hydrogens is 306 g/mol. The number of aryl methyl sites for hydroxylation is 1. The first-order chi connectivity index (χ1) is 11.5. The zero-order chi connectivity index (χ0) is 17.5. The Balaban J connectivity index is 1.74. The lowest BCUT2D eigenvalue weighted by Crippen LogP contribution is -2.43. The highest BCUT2D eigenvalue weighted by Crippen LogP contribution is 2.23. The number of ether oxygens (including phenoxy) is 2. The van der Waals surface area contributed by atoms with Gasteiger partial charge in [0.05, 0.1) is 0 Å². The standard InChI is InChI=1S/C19H27NO4/c1-13-7-6-9-16(11-13)24-15(3)19(22)23-12-18(21)20-17-10-5-4-8-14(17)2/h6-7,9,11,14-15,17H,4-5,8,10,12H2,1-3H3,(H,20,21)/t14-,15+,17+/m0/s1. The Bertz CT molecular complexity index is 572. The van der Waals surface area contributed by atoms with Crippen LogP contribution in [0, 0.1) is 12.8 Å². The number of rotatable bonds is 6. The molecule has 0 aromatic heterocycles. The number of carbonyl (C=O) groups excluding carboxylic acids is 2. The van der Waals surface area contributed by atoms with Crippen molar-refractivity contribution in [3.63, 3.8) is 0 Å². The molecule has 0 bridgehead atoms. The minimum absolute atomic E-state index is 0.186. The van der Waals surface area contributed by atoms with E-state index in [4.69, 9.17) is 9.47 Å². The van der Waals surface area contributed by atoms with E-state index in [0.29, 0.717) is 11.7 Å². The Morgan fingerprint density at radius 1 is 1.29 bits per heavy atom. The van der Waals surface area contributed by atoms with E-state index in [-0.39, 0.29) is 18.6 Å². The molecule has 1 aromatic carbocycles. The lowest BCUT2D eigenvalue weighted by atomic mass is 9.86. The van der Waals surface area contributed by atoms with Gasteiger partial charge in [-0.1, -0.05) is 31.9 Å². The number of amides is 1. The fraction of sp³-hybridized carbons (Fsp3) is 0.579. The van der Waals surface area contributed by atoms with Gasteiger partial charge in [0.25, 0.3) is 5.91 Å². The first-order valence-electron chi connectivity index (χ1n) is 8.65. The van der Waals surface area contributed by atoms with Gasteiger partial charge in [0.2, 0.25) is 0 Å². The zero-order valence-corrected chi connectivity index (χ0v) is 14.7. The van der Waals surface area contributed by atoms with E-state index in [1.807, 2.05) is 25.1 Å². The average Bonchev–Trinajstić information content (AvgIpc) is 2.54. The third kappa shape index (κ3) is 5.55. The molecule has 0 heterocycles. The van der Waals surface area contributed by atoms with Gasteiger partial charge in [-0.3, -0.25) is 4.79 Å². The Hall–Kier alpha value is -2.04. The van der Waals surface area contributed by atoms with Crippen LogP contribution >= 0.6 is 0 Å². The smallest absolute Gasteiger partial charge is 0.347 e. The molecule has 1 fully saturated rings. The second-order valence-corrected chi connectivity index (χ2v) is 6.62. The van der Waals surface area contributed by atoms with Gasteiger partial charge < -0.3 is 14.8 Å². The third-order valence-corrected chi connectivity index (χ3v) is 4.44. The minimum atomic E-state index is -0.756. The van der Waals surface area contributed by atoms with E-state index in [0.717, 1.165) is 24.8 Å². The molecule has 0 spiro atoms. The van der Waals surface area contributed by atoms with Crippen molar-refractivity contribution in [2.24, 2.45) is 5.92 Å². The molecule has 1 aliphatic carbocycles. The van der Waals surface area contributed by atoms with Crippen LogP contribution in [-0.4, -0.2) is 30.6 Å². The molecule has 1 saturated carbocycles. The molecular formula is C19H27NO4. The molecule has 2 rings (SSSR count). The van der Waals surface area contributed by atoms with Gasteiger partial charge in [-0.2, -0.15) is 0 Å². The zero-order valence-electron chi connectivity index (χ0n) is 14.7. The Kier molecular flexibility index (Phi) is 6.64. The maximum atomic E-state index is 12.0. The van der Waals surface area contributed by atoms with Crippen molar-refractivity contribution in [1.82, 2.24) is 5.32 Å². The van der Waals surface area contributed by atoms with Crippen LogP contribution in [0.5, 0.6) is 5.75 Å². The monoisotopic (exact) mass is 333 g/mol. The van der Waals surface area contributed by atoms with Crippen LogP contribution in [0.25, 0.3) is 0 Å². The molecule has 132 valence electrons. The van der Waals surface area contributed by atoms with E-state index in [1.165, 1.54) is 6.42 Å². The molecule has 0 aliphatic heterocycles. The van der Waals surface area contributed by atoms with Crippen LogP contribution in [0.4, 0.5) is 0 Å². The molecule has 3 atom stereocenters. The maximum Gasteiger partial charge on any atom is 0.347 e. The summed E-state index contributed by atoms with van der Waals surface area (Å²) in [6.45, 7) is 5.45. The number of nitrogens with one attached hydrogen (secondary N) is 1. The predicted molar refractivity (Wildman–Crippen MR) is 91.8 cm³/mol. The van der Waals surface area contributed by atoms with E-state index in [1.54, 1.807) is 13.0 Å². The van der Waals surface area contributed by atoms with Crippen molar-refractivity contribution in [3.05, 3.63) is 29.8 Å². The van der Waals surface area contributed by atoms with E-state index >= 15 is 0 Å². The van der Waals surface area contributed by atoms with Crippen LogP contribution < -0.4 is 10.1 Å². The molecule has 5 nitrogen and oxygen atoms in total. The highest BCUT2D eigenvalue weighted by Gasteiger charge is 2.24. The molecule has 1 N–H and O–H groups in total. The van der Waals surface area contributed by atoms with Gasteiger partial charge in [-0.15, -0.1) is 0 Å². The fourth-order valence-electron chi connectivity index (χ4n) is 2.97. The third-order valence-electron chi connectivity index (χ3n) is 4.44. The number of hydrogen-bond acceptors (Lipinski definition) is 4. The van der Waals surface area contributed by atoms with E-state index < -0.39 is 12.1 Å². The van der Waals surface area contributed by atoms with Crippen molar-refractivity contribution in [2.45, 2.75) is 58.6 Å². The topological polar surface area (TPSA) is 64.6 Å². The number of esters is 1. The molecule has 1 aromatic rings. The Morgan fingerprint density at radius 2 is 2.04 bits per heavy atom. The normalized spacial score (nSPS) is 21.6. The highest BCUT2D eigenvalue weighted by atomic mass is 16.6. The van der Waals surface area contributed by atoms with Crippen LogP contribution in [0.1, 0.15) is 45.1 Å². The van der Waals surface area contributed by atoms with Crippen LogP contribution in [-0.2, 0) is 14.3 Å². The minimum Gasteiger partial charge on any atom is -0.479 e. The largest absolute Gasteiger partial charge is 0.479 e. The van der Waals surface area contributed by atoms with Crippen molar-refractivity contribution in [3.8, 4) is 5.75 Å². The second kappa shape index (κ2) is 8.71. The summed E-state index contributed by atoms with van der Waals surface area (Å²) >= 11 is 0. The molecule has 24 heavy (non-hydrogen) atoms. The maximum absolute atomic E-state index is 12.0. The molecule has 5 heteroatoms. The SMILES string of the molecule is Cc1cccc(O[C@H](C)C(=O)OCC(=O)N[C@@H]2CCCC[C@@H]2C)c1. The van der Waals surface area contributed by atoms with Gasteiger partial charge in [0.1, 0.15) is 5.75 Å². The fourth-order valence-corrected chi connectivity index (χ4v) is 2.97. The lowest BCUT2D eigenvalue weighted by Gasteiger charge is -2.29. The number of benzene rings is 1. The average molecular weight is 333 g/mol. The number of hydrogen-bond donors (Lipinski definition) is 1. The molecule has 0 unspecified atom stereocenters. The first kappa shape index (κ1) is 18.3. The molecule has 0 saturated heterocycles. The summed E-state index contributed by atoms with van der Waals surface area (Å²) < 4.78 is 10.6. The van der Waals surface area contributed by atoms with E-state index in [2.05, 4.69) is 12.2 Å². The first-order valence-corrected chi connectivity index (χ1v) is 8.65. The van der Waals surface area contributed by atoms with Gasteiger partial charge in [0, 0.05) is 6.04 Å². The van der Waals surface area contributed by atoms with Gasteiger partial charge >= 0.3 is 5.97 Å².